The molecule has 3 aromatic rings. The highest BCUT2D eigenvalue weighted by molar-refractivity contribution is 6.35. The Labute approximate surface area is 193 Å². The zero-order valence-electron chi connectivity index (χ0n) is 18.0. The molecule has 1 N–H and O–H groups in total. The standard InChI is InChI=1S/C25H25Cl2NO3/c1-25(2,3)18-6-9-20(10-7-18)31-15-17-13-16(5-12-23(17)30-4)24(29)28-22-14-19(26)8-11-21(22)27/h5-14H,15H2,1-4H3,(H,28,29). The molecule has 1 amide bonds. The monoisotopic (exact) mass is 457 g/mol. The maximum absolute atomic E-state index is 12.7. The molecule has 0 aromatic heterocycles. The molecule has 0 radical (unpaired) electrons. The van der Waals surface area contributed by atoms with E-state index in [4.69, 9.17) is 32.7 Å². The molecule has 0 aliphatic heterocycles. The van der Waals surface area contributed by atoms with Crippen LogP contribution in [0.5, 0.6) is 11.5 Å². The minimum absolute atomic E-state index is 0.0787. The van der Waals surface area contributed by atoms with Gasteiger partial charge in [-0.25, -0.2) is 0 Å². The Kier molecular flexibility index (Phi) is 7.14. The molecule has 6 heteroatoms. The van der Waals surface area contributed by atoms with Crippen LogP contribution in [0.3, 0.4) is 0 Å². The van der Waals surface area contributed by atoms with Crippen molar-refractivity contribution in [2.45, 2.75) is 32.8 Å². The highest BCUT2D eigenvalue weighted by atomic mass is 35.5. The highest BCUT2D eigenvalue weighted by Crippen LogP contribution is 2.28. The van der Waals surface area contributed by atoms with Crippen molar-refractivity contribution in [3.05, 3.63) is 87.4 Å². The Hall–Kier alpha value is -2.69. The smallest absolute Gasteiger partial charge is 0.255 e. The predicted molar refractivity (Wildman–Crippen MR) is 127 cm³/mol. The molecule has 0 atom stereocenters. The van der Waals surface area contributed by atoms with Gasteiger partial charge < -0.3 is 14.8 Å². The molecule has 4 nitrogen and oxygen atoms in total. The van der Waals surface area contributed by atoms with Crippen LogP contribution in [-0.2, 0) is 12.0 Å². The fraction of sp³-hybridized carbons (Fsp3) is 0.240. The van der Waals surface area contributed by atoms with Crippen LogP contribution in [0.25, 0.3) is 0 Å². The van der Waals surface area contributed by atoms with Gasteiger partial charge >= 0.3 is 0 Å². The van der Waals surface area contributed by atoms with E-state index >= 15 is 0 Å². The van der Waals surface area contributed by atoms with Crippen LogP contribution >= 0.6 is 23.2 Å². The Balaban J connectivity index is 1.75. The highest BCUT2D eigenvalue weighted by Gasteiger charge is 2.15. The normalized spacial score (nSPS) is 11.2. The SMILES string of the molecule is COc1ccc(C(=O)Nc2cc(Cl)ccc2Cl)cc1COc1ccc(C(C)(C)C)cc1. The predicted octanol–water partition coefficient (Wildman–Crippen LogP) is 7.13. The van der Waals surface area contributed by atoms with Gasteiger partial charge in [0.1, 0.15) is 18.1 Å². The lowest BCUT2D eigenvalue weighted by Gasteiger charge is -2.19. The zero-order chi connectivity index (χ0) is 22.6. The number of anilines is 1. The van der Waals surface area contributed by atoms with Gasteiger partial charge in [0.2, 0.25) is 0 Å². The molecule has 3 rings (SSSR count). The number of rotatable bonds is 6. The lowest BCUT2D eigenvalue weighted by molar-refractivity contribution is 0.102. The summed E-state index contributed by atoms with van der Waals surface area (Å²) < 4.78 is 11.4. The van der Waals surface area contributed by atoms with E-state index in [0.717, 1.165) is 11.3 Å². The molecule has 0 bridgehead atoms. The number of ether oxygens (including phenoxy) is 2. The molecule has 162 valence electrons. The van der Waals surface area contributed by atoms with Crippen LogP contribution in [0.15, 0.2) is 60.7 Å². The molecule has 0 unspecified atom stereocenters. The van der Waals surface area contributed by atoms with Gasteiger partial charge in [0.05, 0.1) is 17.8 Å². The van der Waals surface area contributed by atoms with Crippen LogP contribution in [0.2, 0.25) is 10.0 Å². The minimum Gasteiger partial charge on any atom is -0.496 e. The van der Waals surface area contributed by atoms with Crippen molar-refractivity contribution in [1.29, 1.82) is 0 Å². The fourth-order valence-corrected chi connectivity index (χ4v) is 3.37. The number of hydrogen-bond donors (Lipinski definition) is 1. The Morgan fingerprint density at radius 1 is 0.968 bits per heavy atom. The average molecular weight is 458 g/mol. The molecule has 0 fully saturated rings. The van der Waals surface area contributed by atoms with Crippen LogP contribution < -0.4 is 14.8 Å². The number of hydrogen-bond acceptors (Lipinski definition) is 3. The molecular weight excluding hydrogens is 433 g/mol. The van der Waals surface area contributed by atoms with Crippen molar-refractivity contribution >= 4 is 34.8 Å². The maximum atomic E-state index is 12.7. The topological polar surface area (TPSA) is 47.6 Å². The van der Waals surface area contributed by atoms with Gasteiger partial charge in [-0.3, -0.25) is 4.79 Å². The molecule has 0 heterocycles. The first kappa shape index (κ1) is 23.0. The number of amides is 1. The third-order valence-corrected chi connectivity index (χ3v) is 5.40. The summed E-state index contributed by atoms with van der Waals surface area (Å²) in [6, 6.07) is 18.1. The van der Waals surface area contributed by atoms with Crippen molar-refractivity contribution in [3.8, 4) is 11.5 Å². The number of benzene rings is 3. The van der Waals surface area contributed by atoms with Gasteiger partial charge in [0.15, 0.2) is 0 Å². The Bertz CT molecular complexity index is 1070. The quantitative estimate of drug-likeness (QED) is 0.428. The van der Waals surface area contributed by atoms with E-state index in [1.807, 2.05) is 12.1 Å². The summed E-state index contributed by atoms with van der Waals surface area (Å²) in [7, 11) is 1.59. The summed E-state index contributed by atoms with van der Waals surface area (Å²) in [5.74, 6) is 1.09. The number of halogens is 2. The van der Waals surface area contributed by atoms with Crippen LogP contribution in [0.1, 0.15) is 42.3 Å². The van der Waals surface area contributed by atoms with Crippen LogP contribution in [0, 0.1) is 0 Å². The van der Waals surface area contributed by atoms with Crippen molar-refractivity contribution < 1.29 is 14.3 Å². The van der Waals surface area contributed by atoms with Crippen molar-refractivity contribution in [3.63, 3.8) is 0 Å². The summed E-state index contributed by atoms with van der Waals surface area (Å²) in [4.78, 5) is 12.7. The Morgan fingerprint density at radius 2 is 1.68 bits per heavy atom. The minimum atomic E-state index is -0.303. The first-order valence-electron chi connectivity index (χ1n) is 9.84. The van der Waals surface area contributed by atoms with Crippen LogP contribution in [-0.4, -0.2) is 13.0 Å². The number of carbonyl (C=O) groups excluding carboxylic acids is 1. The lowest BCUT2D eigenvalue weighted by Crippen LogP contribution is -2.13. The molecule has 31 heavy (non-hydrogen) atoms. The summed E-state index contributed by atoms with van der Waals surface area (Å²) in [5, 5.41) is 3.69. The van der Waals surface area contributed by atoms with Gasteiger partial charge in [0.25, 0.3) is 5.91 Å². The van der Waals surface area contributed by atoms with Gasteiger partial charge in [0, 0.05) is 16.1 Å². The first-order valence-corrected chi connectivity index (χ1v) is 10.6. The lowest BCUT2D eigenvalue weighted by atomic mass is 9.87. The Morgan fingerprint density at radius 3 is 2.32 bits per heavy atom. The molecule has 0 aliphatic rings. The fourth-order valence-electron chi connectivity index (χ4n) is 3.03. The van der Waals surface area contributed by atoms with Crippen molar-refractivity contribution in [1.82, 2.24) is 0 Å². The first-order chi connectivity index (χ1) is 14.7. The zero-order valence-corrected chi connectivity index (χ0v) is 19.5. The van der Waals surface area contributed by atoms with E-state index < -0.39 is 0 Å². The summed E-state index contributed by atoms with van der Waals surface area (Å²) >= 11 is 12.2. The number of carbonyl (C=O) groups is 1. The van der Waals surface area contributed by atoms with Crippen molar-refractivity contribution in [2.75, 3.05) is 12.4 Å². The molecular formula is C25H25Cl2NO3. The van der Waals surface area contributed by atoms with Gasteiger partial charge in [-0.2, -0.15) is 0 Å². The summed E-state index contributed by atoms with van der Waals surface area (Å²) in [6.07, 6.45) is 0. The van der Waals surface area contributed by atoms with E-state index in [1.54, 1.807) is 43.5 Å². The molecule has 0 aliphatic carbocycles. The van der Waals surface area contributed by atoms with Crippen molar-refractivity contribution in [2.24, 2.45) is 0 Å². The summed E-state index contributed by atoms with van der Waals surface area (Å²) in [5.41, 5.74) is 2.98. The third kappa shape index (κ3) is 5.93. The number of nitrogens with one attached hydrogen (secondary N) is 1. The van der Waals surface area contributed by atoms with E-state index in [2.05, 4.69) is 38.2 Å². The second-order valence-corrected chi connectivity index (χ2v) is 9.01. The van der Waals surface area contributed by atoms with E-state index in [-0.39, 0.29) is 17.9 Å². The second kappa shape index (κ2) is 9.63. The van der Waals surface area contributed by atoms with E-state index in [0.29, 0.717) is 27.0 Å². The van der Waals surface area contributed by atoms with Gasteiger partial charge in [-0.05, 0) is 59.5 Å². The second-order valence-electron chi connectivity index (χ2n) is 8.17. The average Bonchev–Trinajstić information content (AvgIpc) is 2.74. The van der Waals surface area contributed by atoms with Gasteiger partial charge in [-0.15, -0.1) is 0 Å². The molecule has 0 saturated heterocycles. The molecule has 3 aromatic carbocycles. The summed E-state index contributed by atoms with van der Waals surface area (Å²) in [6.45, 7) is 6.76. The molecule has 0 saturated carbocycles. The number of methoxy groups -OCH3 is 1. The molecule has 0 spiro atoms. The maximum Gasteiger partial charge on any atom is 0.255 e. The van der Waals surface area contributed by atoms with Gasteiger partial charge in [-0.1, -0.05) is 56.1 Å². The van der Waals surface area contributed by atoms with E-state index in [1.165, 1.54) is 5.56 Å². The largest absolute Gasteiger partial charge is 0.496 e. The third-order valence-electron chi connectivity index (χ3n) is 4.83. The van der Waals surface area contributed by atoms with Crippen LogP contribution in [0.4, 0.5) is 5.69 Å². The van der Waals surface area contributed by atoms with E-state index in [9.17, 15) is 4.79 Å².